The second kappa shape index (κ2) is 11.4. The lowest BCUT2D eigenvalue weighted by Gasteiger charge is -2.70. The molecule has 242 valence electrons. The van der Waals surface area contributed by atoms with Gasteiger partial charge in [0, 0.05) is 23.2 Å². The first kappa shape index (κ1) is 33.0. The number of aliphatic hydroxyl groups excluding tert-OH is 2. The molecule has 0 heterocycles. The highest BCUT2D eigenvalue weighted by Gasteiger charge is 2.70. The normalized spacial score (nSPS) is 52.2. The molecule has 0 aliphatic heterocycles. The smallest absolute Gasteiger partial charge is 0.140 e. The number of rotatable bonds is 5. The summed E-state index contributed by atoms with van der Waals surface area (Å²) in [5.74, 6) is 4.51. The molecule has 3 heteroatoms. The number of hydrogen-bond acceptors (Lipinski definition) is 3. The van der Waals surface area contributed by atoms with E-state index in [2.05, 4.69) is 62.3 Å². The first-order valence-electron chi connectivity index (χ1n) is 18.3. The van der Waals surface area contributed by atoms with Crippen LogP contribution in [0.5, 0.6) is 0 Å². The summed E-state index contributed by atoms with van der Waals surface area (Å²) in [4.78, 5) is 14.9. The molecule has 0 spiro atoms. The van der Waals surface area contributed by atoms with E-state index < -0.39 is 12.2 Å². The van der Waals surface area contributed by atoms with Crippen molar-refractivity contribution in [2.24, 2.45) is 80.8 Å². The fourth-order valence-electron chi connectivity index (χ4n) is 13.2. The van der Waals surface area contributed by atoms with Gasteiger partial charge in [-0.3, -0.25) is 4.79 Å². The first-order valence-corrected chi connectivity index (χ1v) is 18.3. The Labute approximate surface area is 259 Å². The highest BCUT2D eigenvalue weighted by atomic mass is 16.3. The maximum absolute atomic E-state index is 14.9. The summed E-state index contributed by atoms with van der Waals surface area (Å²) in [6.07, 6.45) is 14.4. The van der Waals surface area contributed by atoms with E-state index in [1.165, 1.54) is 64.2 Å². The zero-order valence-electron chi connectivity index (χ0n) is 29.2. The monoisotopic (exact) mass is 585 g/mol. The van der Waals surface area contributed by atoms with E-state index in [9.17, 15) is 15.0 Å². The van der Waals surface area contributed by atoms with E-state index in [-0.39, 0.29) is 45.8 Å². The fourth-order valence-corrected chi connectivity index (χ4v) is 13.2. The van der Waals surface area contributed by atoms with Crippen molar-refractivity contribution >= 4 is 5.78 Å². The average Bonchev–Trinajstić information content (AvgIpc) is 2.86. The van der Waals surface area contributed by atoms with Crippen molar-refractivity contribution in [3.05, 3.63) is 0 Å². The maximum Gasteiger partial charge on any atom is 0.140 e. The summed E-state index contributed by atoms with van der Waals surface area (Å²) in [6.45, 7) is 23.1. The summed E-state index contributed by atoms with van der Waals surface area (Å²) in [6, 6.07) is 0. The van der Waals surface area contributed by atoms with Crippen molar-refractivity contribution in [1.82, 2.24) is 0 Å². The lowest BCUT2D eigenvalue weighted by atomic mass is 9.34. The number of hydrogen-bond donors (Lipinski definition) is 2. The van der Waals surface area contributed by atoms with Gasteiger partial charge in [-0.1, -0.05) is 88.0 Å². The Bertz CT molecular complexity index is 973. The minimum Gasteiger partial charge on any atom is -0.393 e. The van der Waals surface area contributed by atoms with Crippen LogP contribution in [0.25, 0.3) is 0 Å². The third kappa shape index (κ3) is 5.39. The molecule has 5 saturated carbocycles. The molecular weight excluding hydrogens is 516 g/mol. The first-order chi connectivity index (χ1) is 19.4. The average molecular weight is 585 g/mol. The number of carbonyl (C=O) groups is 1. The number of carbonyl (C=O) groups excluding carboxylic acids is 1. The van der Waals surface area contributed by atoms with E-state index >= 15 is 0 Å². The Kier molecular flexibility index (Phi) is 8.98. The van der Waals surface area contributed by atoms with Crippen LogP contribution in [0.1, 0.15) is 146 Å². The molecule has 5 aliphatic rings. The van der Waals surface area contributed by atoms with Crippen molar-refractivity contribution in [2.75, 3.05) is 0 Å². The summed E-state index contributed by atoms with van der Waals surface area (Å²) in [5.41, 5.74) is 0.0548. The largest absolute Gasteiger partial charge is 0.393 e. The van der Waals surface area contributed by atoms with Crippen LogP contribution in [0, 0.1) is 80.8 Å². The summed E-state index contributed by atoms with van der Waals surface area (Å²) in [7, 11) is 0. The van der Waals surface area contributed by atoms with Gasteiger partial charge in [-0.05, 0) is 116 Å². The Morgan fingerprint density at radius 3 is 2.14 bits per heavy atom. The molecule has 5 aliphatic carbocycles. The summed E-state index contributed by atoms with van der Waals surface area (Å²) < 4.78 is 0. The fraction of sp³-hybridized carbons (Fsp3) is 0.974. The highest BCUT2D eigenvalue weighted by Crippen LogP contribution is 2.72. The van der Waals surface area contributed by atoms with Crippen LogP contribution in [0.2, 0.25) is 0 Å². The third-order valence-electron chi connectivity index (χ3n) is 15.2. The number of ketones is 1. The van der Waals surface area contributed by atoms with Crippen molar-refractivity contribution in [1.29, 1.82) is 0 Å². The van der Waals surface area contributed by atoms with E-state index in [1.807, 2.05) is 6.92 Å². The lowest BCUT2D eigenvalue weighted by molar-refractivity contribution is -0.252. The molecule has 0 aromatic heterocycles. The third-order valence-corrected chi connectivity index (χ3v) is 15.2. The number of Topliss-reactive ketones (excluding diaryl/α,β-unsaturated/α-hetero) is 1. The van der Waals surface area contributed by atoms with Crippen molar-refractivity contribution in [3.8, 4) is 0 Å². The highest BCUT2D eigenvalue weighted by molar-refractivity contribution is 5.86. The molecule has 0 aromatic carbocycles. The molecule has 0 radical (unpaired) electrons. The maximum atomic E-state index is 14.9. The molecule has 13 atom stereocenters. The Morgan fingerprint density at radius 1 is 0.905 bits per heavy atom. The van der Waals surface area contributed by atoms with Gasteiger partial charge in [-0.25, -0.2) is 0 Å². The van der Waals surface area contributed by atoms with Gasteiger partial charge in [0.1, 0.15) is 5.78 Å². The molecule has 0 amide bonds. The molecule has 10 unspecified atom stereocenters. The predicted molar refractivity (Wildman–Crippen MR) is 174 cm³/mol. The molecule has 5 fully saturated rings. The summed E-state index contributed by atoms with van der Waals surface area (Å²) >= 11 is 0. The second-order valence-corrected chi connectivity index (χ2v) is 19.1. The van der Waals surface area contributed by atoms with E-state index in [4.69, 9.17) is 0 Å². The van der Waals surface area contributed by atoms with Gasteiger partial charge in [0.05, 0.1) is 12.2 Å². The Morgan fingerprint density at radius 2 is 1.55 bits per heavy atom. The van der Waals surface area contributed by atoms with Crippen molar-refractivity contribution < 1.29 is 15.0 Å². The van der Waals surface area contributed by atoms with Gasteiger partial charge < -0.3 is 10.2 Å². The summed E-state index contributed by atoms with van der Waals surface area (Å²) in [5, 5.41) is 22.7. The molecular formula is C39H68O3. The number of fused-ring (bicyclic) bond motifs is 3. The molecule has 2 N–H and O–H groups in total. The van der Waals surface area contributed by atoms with Gasteiger partial charge >= 0.3 is 0 Å². The molecule has 0 aromatic rings. The van der Waals surface area contributed by atoms with Gasteiger partial charge in [-0.2, -0.15) is 0 Å². The van der Waals surface area contributed by atoms with E-state index in [0.717, 1.165) is 30.6 Å². The van der Waals surface area contributed by atoms with Gasteiger partial charge in [-0.15, -0.1) is 0 Å². The molecule has 3 nitrogen and oxygen atoms in total. The molecule has 0 bridgehead atoms. The zero-order valence-corrected chi connectivity index (χ0v) is 29.2. The minimum atomic E-state index is -0.577. The topological polar surface area (TPSA) is 57.5 Å². The van der Waals surface area contributed by atoms with Crippen LogP contribution in [0.4, 0.5) is 0 Å². The van der Waals surface area contributed by atoms with Crippen molar-refractivity contribution in [3.63, 3.8) is 0 Å². The van der Waals surface area contributed by atoms with Crippen LogP contribution < -0.4 is 0 Å². The van der Waals surface area contributed by atoms with Gasteiger partial charge in [0.25, 0.3) is 0 Å². The predicted octanol–water partition coefficient (Wildman–Crippen LogP) is 9.33. The minimum absolute atomic E-state index is 0.00248. The van der Waals surface area contributed by atoms with E-state index in [1.54, 1.807) is 0 Å². The van der Waals surface area contributed by atoms with E-state index in [0.29, 0.717) is 23.0 Å². The number of aliphatic hydroxyl groups is 2. The molecule has 42 heavy (non-hydrogen) atoms. The van der Waals surface area contributed by atoms with Crippen LogP contribution in [0.15, 0.2) is 0 Å². The second-order valence-electron chi connectivity index (χ2n) is 19.1. The van der Waals surface area contributed by atoms with Gasteiger partial charge in [0.15, 0.2) is 0 Å². The van der Waals surface area contributed by atoms with Crippen LogP contribution >= 0.6 is 0 Å². The Hall–Kier alpha value is -0.410. The molecule has 0 saturated heterocycles. The van der Waals surface area contributed by atoms with Gasteiger partial charge in [0.2, 0.25) is 0 Å². The Balaban J connectivity index is 1.37. The zero-order chi connectivity index (χ0) is 31.0. The quantitative estimate of drug-likeness (QED) is 0.338. The van der Waals surface area contributed by atoms with Crippen LogP contribution in [-0.2, 0) is 4.79 Å². The van der Waals surface area contributed by atoms with Crippen LogP contribution in [0.3, 0.4) is 0 Å². The standard InChI is InChI=1S/C39H68O3/c1-23-13-18-29(28-16-14-27(15-17-28)12-11-19-36(5,6)7)30-21-37(8)22-38(9)20-24(2)31(26(4)40)35(42)39(38,10)25(3)33(37)34(41)32(23)30/h23-33,35,40,42H,11-22H2,1-10H3/t23?,24?,25?,26?,27?,28?,29?,30?,31?,32?,33?,35?,37-,38+,39+/m0/s1. The van der Waals surface area contributed by atoms with Crippen LogP contribution in [-0.4, -0.2) is 28.2 Å². The lowest BCUT2D eigenvalue weighted by Crippen LogP contribution is -2.70. The van der Waals surface area contributed by atoms with Crippen molar-refractivity contribution in [2.45, 2.75) is 158 Å². The molecule has 5 rings (SSSR count). The SMILES string of the molecule is CC(O)C1C(C)C[C@]2(C)C[C@]3(C)CC4C(C5CCC(CCCC(C)(C)C)CC5)CCC(C)C4C(=O)C3C(C)[C@]2(C)C1O.